The molecule has 0 saturated carbocycles. The van der Waals surface area contributed by atoms with E-state index in [0.29, 0.717) is 11.3 Å². The number of ether oxygens (including phenoxy) is 1. The number of nitriles is 1. The lowest BCUT2D eigenvalue weighted by molar-refractivity contribution is -0.133. The van der Waals surface area contributed by atoms with Gasteiger partial charge in [0.05, 0.1) is 29.8 Å². The van der Waals surface area contributed by atoms with Crippen molar-refractivity contribution in [2.45, 2.75) is 13.3 Å². The van der Waals surface area contributed by atoms with Crippen LogP contribution in [0.1, 0.15) is 22.3 Å². The molecule has 7 nitrogen and oxygen atoms in total. The number of oxazole rings is 1. The fourth-order valence-corrected chi connectivity index (χ4v) is 2.76. The van der Waals surface area contributed by atoms with Gasteiger partial charge in [-0.05, 0) is 19.1 Å². The van der Waals surface area contributed by atoms with Gasteiger partial charge in [-0.3, -0.25) is 4.79 Å². The number of aryl methyl sites for hydroxylation is 1. The smallest absolute Gasteiger partial charge is 0.339 e. The van der Waals surface area contributed by atoms with Gasteiger partial charge in [0, 0.05) is 19.2 Å². The number of hydrogen-bond acceptors (Lipinski definition) is 6. The number of carbonyl (C=O) groups excluding carboxylic acids is 2. The lowest BCUT2D eigenvalue weighted by Gasteiger charge is -2.15. The van der Waals surface area contributed by atoms with Crippen molar-refractivity contribution >= 4 is 11.9 Å². The minimum absolute atomic E-state index is 0.215. The van der Waals surface area contributed by atoms with Crippen LogP contribution < -0.4 is 0 Å². The number of aromatic nitrogens is 1. The first-order chi connectivity index (χ1) is 14.5. The van der Waals surface area contributed by atoms with Crippen LogP contribution >= 0.6 is 0 Å². The van der Waals surface area contributed by atoms with E-state index in [1.807, 2.05) is 37.3 Å². The Morgan fingerprint density at radius 3 is 2.63 bits per heavy atom. The monoisotopic (exact) mass is 403 g/mol. The fraction of sp³-hybridized carbons (Fsp3) is 0.217. The average Bonchev–Trinajstić information content (AvgIpc) is 3.26. The zero-order valence-electron chi connectivity index (χ0n) is 16.8. The normalized spacial score (nSPS) is 10.3. The minimum atomic E-state index is -0.650. The number of likely N-dealkylation sites (N-methyl/N-ethyl adjacent to an activating group) is 1. The van der Waals surface area contributed by atoms with Crippen LogP contribution in [0.3, 0.4) is 0 Å². The van der Waals surface area contributed by atoms with Gasteiger partial charge in [-0.1, -0.05) is 42.0 Å². The Labute approximate surface area is 174 Å². The van der Waals surface area contributed by atoms with Crippen molar-refractivity contribution in [2.24, 2.45) is 0 Å². The van der Waals surface area contributed by atoms with Crippen molar-refractivity contribution in [1.29, 1.82) is 5.26 Å². The quantitative estimate of drug-likeness (QED) is 0.556. The Balaban J connectivity index is 1.75. The van der Waals surface area contributed by atoms with Gasteiger partial charge < -0.3 is 14.1 Å². The van der Waals surface area contributed by atoms with E-state index in [1.54, 1.807) is 37.5 Å². The highest BCUT2D eigenvalue weighted by molar-refractivity contribution is 5.97. The molecule has 30 heavy (non-hydrogen) atoms. The lowest BCUT2D eigenvalue weighted by atomic mass is 10.1. The van der Waals surface area contributed by atoms with E-state index in [0.717, 1.165) is 11.1 Å². The number of nitrogens with zero attached hydrogens (tertiary/aromatic N) is 3. The Morgan fingerprint density at radius 1 is 1.17 bits per heavy atom. The minimum Gasteiger partial charge on any atom is -0.452 e. The molecule has 152 valence electrons. The summed E-state index contributed by atoms with van der Waals surface area (Å²) in [6.07, 6.45) is 1.82. The molecule has 3 rings (SSSR count). The standard InChI is InChI=1S/C23H21N3O4/c1-16-8-10-17(11-9-16)20-14-25-22(30-20)18-6-3-4-7-19(18)23(28)29-15-21(27)26(2)13-5-12-24/h3-4,6-11,14H,5,13,15H2,1-2H3. The van der Waals surface area contributed by atoms with Crippen LogP contribution in [0.2, 0.25) is 0 Å². The van der Waals surface area contributed by atoms with Gasteiger partial charge in [-0.2, -0.15) is 5.26 Å². The van der Waals surface area contributed by atoms with E-state index in [9.17, 15) is 9.59 Å². The summed E-state index contributed by atoms with van der Waals surface area (Å²) in [5.41, 5.74) is 2.75. The molecule has 1 heterocycles. The molecule has 0 bridgehead atoms. The summed E-state index contributed by atoms with van der Waals surface area (Å²) in [5, 5.41) is 8.60. The topological polar surface area (TPSA) is 96.4 Å². The van der Waals surface area contributed by atoms with Gasteiger partial charge >= 0.3 is 5.97 Å². The molecule has 1 amide bonds. The molecule has 0 aliphatic rings. The second-order valence-electron chi connectivity index (χ2n) is 6.74. The molecule has 7 heteroatoms. The van der Waals surface area contributed by atoms with E-state index < -0.39 is 12.6 Å². The third-order valence-electron chi connectivity index (χ3n) is 4.53. The summed E-state index contributed by atoms with van der Waals surface area (Å²) in [6, 6.07) is 16.6. The maximum atomic E-state index is 12.6. The van der Waals surface area contributed by atoms with Crippen molar-refractivity contribution in [3.8, 4) is 28.8 Å². The molecule has 0 saturated heterocycles. The third kappa shape index (κ3) is 4.92. The van der Waals surface area contributed by atoms with Crippen LogP contribution in [0.15, 0.2) is 59.1 Å². The van der Waals surface area contributed by atoms with E-state index in [2.05, 4.69) is 4.98 Å². The van der Waals surface area contributed by atoms with E-state index >= 15 is 0 Å². The van der Waals surface area contributed by atoms with Crippen LogP contribution in [-0.4, -0.2) is 42.0 Å². The summed E-state index contributed by atoms with van der Waals surface area (Å²) in [7, 11) is 1.56. The Bertz CT molecular complexity index is 1080. The number of benzene rings is 2. The first-order valence-corrected chi connectivity index (χ1v) is 9.40. The number of rotatable bonds is 7. The third-order valence-corrected chi connectivity index (χ3v) is 4.53. The summed E-state index contributed by atoms with van der Waals surface area (Å²) < 4.78 is 11.0. The molecule has 1 aromatic heterocycles. The zero-order chi connectivity index (χ0) is 21.5. The van der Waals surface area contributed by atoms with Gasteiger partial charge in [0.15, 0.2) is 12.4 Å². The Hall–Kier alpha value is -3.92. The van der Waals surface area contributed by atoms with Gasteiger partial charge in [0.2, 0.25) is 5.89 Å². The summed E-state index contributed by atoms with van der Waals surface area (Å²) in [5.74, 6) is -0.158. The van der Waals surface area contributed by atoms with E-state index in [4.69, 9.17) is 14.4 Å². The van der Waals surface area contributed by atoms with Crippen LogP contribution in [-0.2, 0) is 9.53 Å². The highest BCUT2D eigenvalue weighted by Gasteiger charge is 2.19. The largest absolute Gasteiger partial charge is 0.452 e. The van der Waals surface area contributed by atoms with Gasteiger partial charge in [-0.15, -0.1) is 0 Å². The summed E-state index contributed by atoms with van der Waals surface area (Å²) in [6.45, 7) is 1.88. The summed E-state index contributed by atoms with van der Waals surface area (Å²) >= 11 is 0. The van der Waals surface area contributed by atoms with E-state index in [-0.39, 0.29) is 30.3 Å². The highest BCUT2D eigenvalue weighted by atomic mass is 16.5. The summed E-state index contributed by atoms with van der Waals surface area (Å²) in [4.78, 5) is 30.3. The predicted molar refractivity (Wildman–Crippen MR) is 110 cm³/mol. The van der Waals surface area contributed by atoms with Crippen molar-refractivity contribution in [3.05, 3.63) is 65.9 Å². The molecule has 3 aromatic rings. The molecule has 0 radical (unpaired) electrons. The molecule has 0 atom stereocenters. The molecular formula is C23H21N3O4. The maximum absolute atomic E-state index is 12.6. The first kappa shape index (κ1) is 20.8. The molecule has 0 aliphatic carbocycles. The highest BCUT2D eigenvalue weighted by Crippen LogP contribution is 2.28. The second-order valence-corrected chi connectivity index (χ2v) is 6.74. The Morgan fingerprint density at radius 2 is 1.90 bits per heavy atom. The van der Waals surface area contributed by atoms with Crippen molar-refractivity contribution in [2.75, 3.05) is 20.2 Å². The Kier molecular flexibility index (Phi) is 6.60. The van der Waals surface area contributed by atoms with Crippen LogP contribution in [0, 0.1) is 18.3 Å². The SMILES string of the molecule is Cc1ccc(-c2cnc(-c3ccccc3C(=O)OCC(=O)N(C)CCC#N)o2)cc1. The molecule has 0 N–H and O–H groups in total. The van der Waals surface area contributed by atoms with Crippen LogP contribution in [0.5, 0.6) is 0 Å². The molecule has 0 fully saturated rings. The molecule has 0 aliphatic heterocycles. The maximum Gasteiger partial charge on any atom is 0.339 e. The van der Waals surface area contributed by atoms with Gasteiger partial charge in [0.25, 0.3) is 5.91 Å². The molecule has 2 aromatic carbocycles. The average molecular weight is 403 g/mol. The van der Waals surface area contributed by atoms with Crippen molar-refractivity contribution in [3.63, 3.8) is 0 Å². The molecule has 0 spiro atoms. The first-order valence-electron chi connectivity index (χ1n) is 9.40. The predicted octanol–water partition coefficient (Wildman–Crippen LogP) is 3.85. The lowest BCUT2D eigenvalue weighted by Crippen LogP contribution is -2.32. The van der Waals surface area contributed by atoms with Crippen LogP contribution in [0.25, 0.3) is 22.8 Å². The van der Waals surface area contributed by atoms with Crippen LogP contribution in [0.4, 0.5) is 0 Å². The number of carbonyl (C=O) groups is 2. The number of esters is 1. The zero-order valence-corrected chi connectivity index (χ0v) is 16.8. The van der Waals surface area contributed by atoms with Crippen molar-refractivity contribution in [1.82, 2.24) is 9.88 Å². The molecule has 0 unspecified atom stereocenters. The number of hydrogen-bond donors (Lipinski definition) is 0. The fourth-order valence-electron chi connectivity index (χ4n) is 2.76. The molecular weight excluding hydrogens is 382 g/mol. The van der Waals surface area contributed by atoms with E-state index in [1.165, 1.54) is 4.90 Å². The van der Waals surface area contributed by atoms with Crippen molar-refractivity contribution < 1.29 is 18.7 Å². The van der Waals surface area contributed by atoms with Gasteiger partial charge in [0.1, 0.15) is 0 Å². The van der Waals surface area contributed by atoms with Gasteiger partial charge in [-0.25, -0.2) is 9.78 Å². The number of amides is 1. The second kappa shape index (κ2) is 9.52.